The van der Waals surface area contributed by atoms with E-state index < -0.39 is 0 Å². The Morgan fingerprint density at radius 3 is 2.19 bits per heavy atom. The number of nitrogens with zero attached hydrogens (tertiary/aromatic N) is 2. The fourth-order valence-electron chi connectivity index (χ4n) is 7.03. The number of aliphatic imine (C=N–C) groups is 2. The maximum atomic E-state index is 6.69. The van der Waals surface area contributed by atoms with Gasteiger partial charge in [-0.1, -0.05) is 121 Å². The molecule has 5 heteroatoms. The van der Waals surface area contributed by atoms with Crippen LogP contribution in [0.15, 0.2) is 170 Å². The molecule has 0 fully saturated rings. The third-order valence-corrected chi connectivity index (χ3v) is 9.33. The Morgan fingerprint density at radius 2 is 1.25 bits per heavy atom. The van der Waals surface area contributed by atoms with Crippen molar-refractivity contribution in [3.8, 4) is 11.1 Å². The first-order valence-electron chi connectivity index (χ1n) is 16.1. The monoisotopic (exact) mass is 617 g/mol. The summed E-state index contributed by atoms with van der Waals surface area (Å²) >= 11 is 0. The van der Waals surface area contributed by atoms with Crippen LogP contribution in [0.3, 0.4) is 0 Å². The molecule has 5 nitrogen and oxygen atoms in total. The molecule has 0 radical (unpaired) electrons. The Kier molecular flexibility index (Phi) is 5.87. The summed E-state index contributed by atoms with van der Waals surface area (Å²) in [5.74, 6) is 1.47. The summed E-state index contributed by atoms with van der Waals surface area (Å²) in [6.45, 7) is 0. The highest BCUT2D eigenvalue weighted by molar-refractivity contribution is 6.16. The van der Waals surface area contributed by atoms with Crippen molar-refractivity contribution in [1.82, 2.24) is 5.32 Å². The molecule has 0 bridgehead atoms. The van der Waals surface area contributed by atoms with Crippen molar-refractivity contribution in [2.24, 2.45) is 9.98 Å². The van der Waals surface area contributed by atoms with Crippen LogP contribution in [-0.4, -0.2) is 11.7 Å². The zero-order valence-corrected chi connectivity index (χ0v) is 25.7. The van der Waals surface area contributed by atoms with E-state index in [0.29, 0.717) is 5.84 Å². The minimum atomic E-state index is -0.388. The van der Waals surface area contributed by atoms with E-state index in [0.717, 1.165) is 82.9 Å². The van der Waals surface area contributed by atoms with Crippen LogP contribution in [-0.2, 0) is 0 Å². The molecular formula is C43H27N3O2. The van der Waals surface area contributed by atoms with E-state index in [2.05, 4.69) is 108 Å². The van der Waals surface area contributed by atoms with E-state index in [4.69, 9.17) is 18.8 Å². The lowest BCUT2D eigenvalue weighted by molar-refractivity contribution is 0.663. The van der Waals surface area contributed by atoms with Gasteiger partial charge in [-0.3, -0.25) is 0 Å². The molecule has 48 heavy (non-hydrogen) atoms. The lowest BCUT2D eigenvalue weighted by atomic mass is 9.98. The zero-order chi connectivity index (χ0) is 31.6. The molecule has 10 rings (SSSR count). The molecular weight excluding hydrogens is 590 g/mol. The number of nitrogens with one attached hydrogen (secondary N) is 1. The van der Waals surface area contributed by atoms with Gasteiger partial charge in [-0.05, 0) is 46.7 Å². The molecule has 3 heterocycles. The number of amidine groups is 2. The molecule has 0 aliphatic carbocycles. The van der Waals surface area contributed by atoms with Gasteiger partial charge in [0.15, 0.2) is 5.84 Å². The standard InChI is InChI=1S/C43H27N3O2/c1-2-11-27(12-3-1)41-44-42(30-21-20-26-10-4-5-13-28(26)24-30)46-43(45-41)34-17-9-19-38-39(34)33-16-8-15-31(40(33)48-38)29-22-23-37-35(25-29)32-14-6-7-18-36(32)47-37/h1-25,43H,(H,44,45,46). The number of rotatable bonds is 4. The molecule has 9 aromatic rings. The van der Waals surface area contributed by atoms with Gasteiger partial charge in [-0.2, -0.15) is 0 Å². The predicted molar refractivity (Wildman–Crippen MR) is 196 cm³/mol. The summed E-state index contributed by atoms with van der Waals surface area (Å²) in [5.41, 5.74) is 8.54. The second-order valence-corrected chi connectivity index (χ2v) is 12.2. The molecule has 0 spiro atoms. The number of fused-ring (bicyclic) bond motifs is 7. The van der Waals surface area contributed by atoms with Crippen LogP contribution in [0.2, 0.25) is 0 Å². The van der Waals surface area contributed by atoms with Crippen LogP contribution in [0.4, 0.5) is 0 Å². The van der Waals surface area contributed by atoms with E-state index in [1.165, 1.54) is 5.39 Å². The summed E-state index contributed by atoms with van der Waals surface area (Å²) in [6.07, 6.45) is -0.388. The Labute approximate surface area is 275 Å². The van der Waals surface area contributed by atoms with Crippen LogP contribution in [0.25, 0.3) is 65.8 Å². The van der Waals surface area contributed by atoms with Crippen molar-refractivity contribution in [1.29, 1.82) is 0 Å². The first-order valence-corrected chi connectivity index (χ1v) is 16.1. The van der Waals surface area contributed by atoms with Gasteiger partial charge in [-0.25, -0.2) is 9.98 Å². The van der Waals surface area contributed by atoms with Crippen LogP contribution >= 0.6 is 0 Å². The maximum Gasteiger partial charge on any atom is 0.159 e. The normalized spacial score (nSPS) is 14.9. The van der Waals surface area contributed by atoms with Crippen molar-refractivity contribution in [2.45, 2.75) is 6.17 Å². The second-order valence-electron chi connectivity index (χ2n) is 12.2. The summed E-state index contributed by atoms with van der Waals surface area (Å²) in [6, 6.07) is 52.2. The number of hydrogen-bond donors (Lipinski definition) is 1. The third-order valence-electron chi connectivity index (χ3n) is 9.33. The molecule has 1 aliphatic heterocycles. The highest BCUT2D eigenvalue weighted by atomic mass is 16.3. The van der Waals surface area contributed by atoms with Gasteiger partial charge in [-0.15, -0.1) is 0 Å². The van der Waals surface area contributed by atoms with E-state index in [-0.39, 0.29) is 6.17 Å². The summed E-state index contributed by atoms with van der Waals surface area (Å²) < 4.78 is 12.8. The predicted octanol–water partition coefficient (Wildman–Crippen LogP) is 10.8. The fraction of sp³-hybridized carbons (Fsp3) is 0.0233. The lowest BCUT2D eigenvalue weighted by Gasteiger charge is -2.24. The van der Waals surface area contributed by atoms with E-state index in [9.17, 15) is 0 Å². The van der Waals surface area contributed by atoms with Crippen LogP contribution in [0.5, 0.6) is 0 Å². The Balaban J connectivity index is 1.14. The second kappa shape index (κ2) is 10.5. The minimum absolute atomic E-state index is 0.388. The number of benzene rings is 7. The molecule has 1 N–H and O–H groups in total. The van der Waals surface area contributed by atoms with E-state index in [1.807, 2.05) is 48.5 Å². The minimum Gasteiger partial charge on any atom is -0.456 e. The molecule has 226 valence electrons. The molecule has 0 amide bonds. The highest BCUT2D eigenvalue weighted by Gasteiger charge is 2.25. The van der Waals surface area contributed by atoms with Gasteiger partial charge in [0.2, 0.25) is 0 Å². The van der Waals surface area contributed by atoms with Crippen molar-refractivity contribution >= 4 is 66.3 Å². The molecule has 2 aromatic heterocycles. The third kappa shape index (κ3) is 4.25. The number of furan rings is 2. The first-order chi connectivity index (χ1) is 23.8. The topological polar surface area (TPSA) is 63.0 Å². The van der Waals surface area contributed by atoms with E-state index in [1.54, 1.807) is 0 Å². The lowest BCUT2D eigenvalue weighted by Crippen LogP contribution is -2.33. The van der Waals surface area contributed by atoms with Crippen molar-refractivity contribution < 1.29 is 8.83 Å². The highest BCUT2D eigenvalue weighted by Crippen LogP contribution is 2.41. The Morgan fingerprint density at radius 1 is 0.500 bits per heavy atom. The average molecular weight is 618 g/mol. The number of para-hydroxylation sites is 2. The zero-order valence-electron chi connectivity index (χ0n) is 25.7. The van der Waals surface area contributed by atoms with Gasteiger partial charge in [0, 0.05) is 43.8 Å². The molecule has 0 saturated carbocycles. The van der Waals surface area contributed by atoms with Crippen LogP contribution in [0, 0.1) is 0 Å². The van der Waals surface area contributed by atoms with Crippen LogP contribution < -0.4 is 5.32 Å². The summed E-state index contributed by atoms with van der Waals surface area (Å²) in [4.78, 5) is 10.3. The van der Waals surface area contributed by atoms with Crippen molar-refractivity contribution in [2.75, 3.05) is 0 Å². The number of hydrogen-bond acceptors (Lipinski definition) is 5. The van der Waals surface area contributed by atoms with E-state index >= 15 is 0 Å². The molecule has 1 atom stereocenters. The van der Waals surface area contributed by atoms with Gasteiger partial charge < -0.3 is 14.2 Å². The van der Waals surface area contributed by atoms with Gasteiger partial charge >= 0.3 is 0 Å². The molecule has 7 aromatic carbocycles. The van der Waals surface area contributed by atoms with Gasteiger partial charge in [0.1, 0.15) is 34.3 Å². The summed E-state index contributed by atoms with van der Waals surface area (Å²) in [5, 5.41) is 10.3. The molecule has 0 saturated heterocycles. The largest absolute Gasteiger partial charge is 0.456 e. The van der Waals surface area contributed by atoms with Crippen molar-refractivity contribution in [3.05, 3.63) is 168 Å². The van der Waals surface area contributed by atoms with Gasteiger partial charge in [0.25, 0.3) is 0 Å². The first kappa shape index (κ1) is 26.7. The maximum absolute atomic E-state index is 6.69. The van der Waals surface area contributed by atoms with Crippen LogP contribution in [0.1, 0.15) is 22.9 Å². The smallest absolute Gasteiger partial charge is 0.159 e. The fourth-order valence-corrected chi connectivity index (χ4v) is 7.03. The average Bonchev–Trinajstić information content (AvgIpc) is 3.73. The quantitative estimate of drug-likeness (QED) is 0.214. The molecule has 1 aliphatic rings. The SMILES string of the molecule is c1ccc(C2=NC(c3ccc4ccccc4c3)=NC(c3cccc4oc5c(-c6ccc7oc8ccccc8c7c6)cccc5c34)N2)cc1. The Bertz CT molecular complexity index is 2770. The molecule has 1 unspecified atom stereocenters. The van der Waals surface area contributed by atoms with Gasteiger partial charge in [0.05, 0.1) is 0 Å². The Hall–Kier alpha value is -6.46. The van der Waals surface area contributed by atoms with Crippen molar-refractivity contribution in [3.63, 3.8) is 0 Å². The summed E-state index contributed by atoms with van der Waals surface area (Å²) in [7, 11) is 0.